The summed E-state index contributed by atoms with van der Waals surface area (Å²) in [4.78, 5) is 5.66. The number of rotatable bonds is 6. The Morgan fingerprint density at radius 1 is 1.25 bits per heavy atom. The molecule has 0 amide bonds. The van der Waals surface area contributed by atoms with Crippen molar-refractivity contribution in [3.05, 3.63) is 44.9 Å². The Labute approximate surface area is 125 Å². The molecular formula is C16H22N2OS. The van der Waals surface area contributed by atoms with E-state index in [0.717, 1.165) is 23.8 Å². The molecule has 0 fully saturated rings. The lowest BCUT2D eigenvalue weighted by atomic mass is 10.1. The number of hydrogen-bond acceptors (Lipinski definition) is 4. The van der Waals surface area contributed by atoms with Crippen molar-refractivity contribution in [3.63, 3.8) is 0 Å². The molecule has 108 valence electrons. The molecule has 0 radical (unpaired) electrons. The second-order valence-corrected chi connectivity index (χ2v) is 6.19. The molecule has 0 aliphatic heterocycles. The molecule has 3 nitrogen and oxygen atoms in total. The first-order chi connectivity index (χ1) is 9.60. The summed E-state index contributed by atoms with van der Waals surface area (Å²) in [6.45, 7) is 10.8. The van der Waals surface area contributed by atoms with Crippen molar-refractivity contribution in [2.24, 2.45) is 0 Å². The van der Waals surface area contributed by atoms with Gasteiger partial charge in [0, 0.05) is 17.6 Å². The molecule has 0 aliphatic rings. The predicted molar refractivity (Wildman–Crippen MR) is 84.5 cm³/mol. The second-order valence-electron chi connectivity index (χ2n) is 4.99. The molecular weight excluding hydrogens is 268 g/mol. The van der Waals surface area contributed by atoms with E-state index < -0.39 is 0 Å². The SMILES string of the molecule is CCNCc1cnc(COc2cc(C)cc(C)c2C)s1. The van der Waals surface area contributed by atoms with Crippen molar-refractivity contribution in [2.75, 3.05) is 6.54 Å². The van der Waals surface area contributed by atoms with Crippen LogP contribution in [0.5, 0.6) is 5.75 Å². The number of nitrogens with one attached hydrogen (secondary N) is 1. The number of nitrogens with zero attached hydrogens (tertiary/aromatic N) is 1. The first-order valence-corrected chi connectivity index (χ1v) is 7.76. The molecule has 0 unspecified atom stereocenters. The Morgan fingerprint density at radius 3 is 2.80 bits per heavy atom. The van der Waals surface area contributed by atoms with Crippen LogP contribution in [0.25, 0.3) is 0 Å². The fourth-order valence-electron chi connectivity index (χ4n) is 2.03. The Kier molecular flexibility index (Phi) is 5.15. The average molecular weight is 290 g/mol. The van der Waals surface area contributed by atoms with Gasteiger partial charge in [-0.1, -0.05) is 13.0 Å². The first-order valence-electron chi connectivity index (χ1n) is 6.95. The summed E-state index contributed by atoms with van der Waals surface area (Å²) >= 11 is 1.71. The average Bonchev–Trinajstić information content (AvgIpc) is 2.86. The van der Waals surface area contributed by atoms with Crippen LogP contribution in [-0.2, 0) is 13.2 Å². The minimum Gasteiger partial charge on any atom is -0.486 e. The van der Waals surface area contributed by atoms with E-state index in [2.05, 4.69) is 50.1 Å². The largest absolute Gasteiger partial charge is 0.486 e. The summed E-state index contributed by atoms with van der Waals surface area (Å²) in [6.07, 6.45) is 1.93. The highest BCUT2D eigenvalue weighted by atomic mass is 32.1. The topological polar surface area (TPSA) is 34.2 Å². The van der Waals surface area contributed by atoms with E-state index >= 15 is 0 Å². The lowest BCUT2D eigenvalue weighted by Crippen LogP contribution is -2.10. The molecule has 0 spiro atoms. The maximum Gasteiger partial charge on any atom is 0.140 e. The minimum atomic E-state index is 0.542. The number of benzene rings is 1. The molecule has 0 saturated carbocycles. The third-order valence-corrected chi connectivity index (χ3v) is 4.24. The van der Waals surface area contributed by atoms with Gasteiger partial charge >= 0.3 is 0 Å². The van der Waals surface area contributed by atoms with Gasteiger partial charge in [0.1, 0.15) is 17.4 Å². The van der Waals surface area contributed by atoms with Crippen LogP contribution in [0.1, 0.15) is 33.5 Å². The molecule has 2 aromatic rings. The standard InChI is InChI=1S/C16H22N2OS/c1-5-17-8-14-9-18-16(20-14)10-19-15-7-11(2)6-12(3)13(15)4/h6-7,9,17H,5,8,10H2,1-4H3. The monoisotopic (exact) mass is 290 g/mol. The van der Waals surface area contributed by atoms with Crippen LogP contribution < -0.4 is 10.1 Å². The molecule has 1 aromatic heterocycles. The van der Waals surface area contributed by atoms with E-state index in [1.165, 1.54) is 21.6 Å². The zero-order chi connectivity index (χ0) is 14.5. The van der Waals surface area contributed by atoms with Crippen LogP contribution in [0.15, 0.2) is 18.3 Å². The van der Waals surface area contributed by atoms with Gasteiger partial charge in [-0.15, -0.1) is 11.3 Å². The highest BCUT2D eigenvalue weighted by Crippen LogP contribution is 2.24. The molecule has 2 rings (SSSR count). The molecule has 1 N–H and O–H groups in total. The third kappa shape index (κ3) is 3.81. The van der Waals surface area contributed by atoms with Gasteiger partial charge in [-0.3, -0.25) is 0 Å². The lowest BCUT2D eigenvalue weighted by molar-refractivity contribution is 0.303. The predicted octanol–water partition coefficient (Wildman–Crippen LogP) is 3.76. The van der Waals surface area contributed by atoms with E-state index in [1.54, 1.807) is 11.3 Å². The Hall–Kier alpha value is -1.39. The molecule has 0 bridgehead atoms. The number of ether oxygens (including phenoxy) is 1. The van der Waals surface area contributed by atoms with Crippen LogP contribution in [0.3, 0.4) is 0 Å². The summed E-state index contributed by atoms with van der Waals surface area (Å²) in [5, 5.41) is 4.33. The summed E-state index contributed by atoms with van der Waals surface area (Å²) in [5.41, 5.74) is 3.71. The van der Waals surface area contributed by atoms with Gasteiger partial charge in [0.25, 0.3) is 0 Å². The van der Waals surface area contributed by atoms with Crippen molar-refractivity contribution in [3.8, 4) is 5.75 Å². The van der Waals surface area contributed by atoms with Gasteiger partial charge in [-0.05, 0) is 50.1 Å². The zero-order valence-corrected chi connectivity index (χ0v) is 13.4. The molecule has 4 heteroatoms. The number of hydrogen-bond donors (Lipinski definition) is 1. The van der Waals surface area contributed by atoms with E-state index in [1.807, 2.05) is 6.20 Å². The van der Waals surface area contributed by atoms with Gasteiger partial charge in [0.15, 0.2) is 0 Å². The quantitative estimate of drug-likeness (QED) is 0.879. The number of aryl methyl sites for hydroxylation is 2. The first kappa shape index (κ1) is 15.0. The van der Waals surface area contributed by atoms with Crippen molar-refractivity contribution in [1.29, 1.82) is 0 Å². The molecule has 1 aromatic carbocycles. The van der Waals surface area contributed by atoms with E-state index in [0.29, 0.717) is 6.61 Å². The van der Waals surface area contributed by atoms with Crippen LogP contribution in [-0.4, -0.2) is 11.5 Å². The zero-order valence-electron chi connectivity index (χ0n) is 12.6. The Balaban J connectivity index is 2.00. The Morgan fingerprint density at radius 2 is 2.05 bits per heavy atom. The van der Waals surface area contributed by atoms with Crippen molar-refractivity contribution >= 4 is 11.3 Å². The summed E-state index contributed by atoms with van der Waals surface area (Å²) < 4.78 is 5.93. The fraction of sp³-hybridized carbons (Fsp3) is 0.438. The minimum absolute atomic E-state index is 0.542. The van der Waals surface area contributed by atoms with E-state index in [9.17, 15) is 0 Å². The normalized spacial score (nSPS) is 10.8. The van der Waals surface area contributed by atoms with Crippen LogP contribution in [0.2, 0.25) is 0 Å². The summed E-state index contributed by atoms with van der Waals surface area (Å²) in [6, 6.07) is 4.27. The second kappa shape index (κ2) is 6.86. The van der Waals surface area contributed by atoms with Gasteiger partial charge in [-0.2, -0.15) is 0 Å². The fourth-order valence-corrected chi connectivity index (χ4v) is 2.84. The molecule has 0 aliphatic carbocycles. The van der Waals surface area contributed by atoms with Gasteiger partial charge in [0.05, 0.1) is 0 Å². The van der Waals surface area contributed by atoms with Gasteiger partial charge in [-0.25, -0.2) is 4.98 Å². The highest BCUT2D eigenvalue weighted by Gasteiger charge is 2.06. The smallest absolute Gasteiger partial charge is 0.140 e. The van der Waals surface area contributed by atoms with Crippen molar-refractivity contribution in [1.82, 2.24) is 10.3 Å². The van der Waals surface area contributed by atoms with Crippen LogP contribution >= 0.6 is 11.3 Å². The molecule has 20 heavy (non-hydrogen) atoms. The maximum absolute atomic E-state index is 5.93. The van der Waals surface area contributed by atoms with E-state index in [-0.39, 0.29) is 0 Å². The van der Waals surface area contributed by atoms with Gasteiger partial charge < -0.3 is 10.1 Å². The number of aromatic nitrogens is 1. The van der Waals surface area contributed by atoms with Crippen LogP contribution in [0, 0.1) is 20.8 Å². The summed E-state index contributed by atoms with van der Waals surface area (Å²) in [5.74, 6) is 0.964. The Bertz CT molecular complexity index is 578. The van der Waals surface area contributed by atoms with Gasteiger partial charge in [0.2, 0.25) is 0 Å². The lowest BCUT2D eigenvalue weighted by Gasteiger charge is -2.11. The molecule has 0 saturated heterocycles. The third-order valence-electron chi connectivity index (χ3n) is 3.27. The van der Waals surface area contributed by atoms with Crippen LogP contribution in [0.4, 0.5) is 0 Å². The molecule has 0 atom stereocenters. The van der Waals surface area contributed by atoms with Crippen molar-refractivity contribution in [2.45, 2.75) is 40.8 Å². The van der Waals surface area contributed by atoms with Crippen molar-refractivity contribution < 1.29 is 4.74 Å². The molecule has 1 heterocycles. The number of thiazole rings is 1. The highest BCUT2D eigenvalue weighted by molar-refractivity contribution is 7.11. The maximum atomic E-state index is 5.93. The summed E-state index contributed by atoms with van der Waals surface area (Å²) in [7, 11) is 0. The van der Waals surface area contributed by atoms with E-state index in [4.69, 9.17) is 4.74 Å².